The summed E-state index contributed by atoms with van der Waals surface area (Å²) < 4.78 is 1.58. The number of carbonyl (C=O) groups is 1. The fraction of sp³-hybridized carbons (Fsp3) is 0.438. The molecular formula is C16H22N4O2. The van der Waals surface area contributed by atoms with Gasteiger partial charge in [-0.3, -0.25) is 4.79 Å². The molecule has 1 heterocycles. The molecule has 118 valence electrons. The molecule has 1 aromatic carbocycles. The van der Waals surface area contributed by atoms with E-state index in [9.17, 15) is 4.79 Å². The van der Waals surface area contributed by atoms with Crippen LogP contribution in [-0.2, 0) is 0 Å². The van der Waals surface area contributed by atoms with E-state index in [0.29, 0.717) is 24.6 Å². The number of hydrogen-bond acceptors (Lipinski definition) is 4. The van der Waals surface area contributed by atoms with E-state index in [4.69, 9.17) is 5.11 Å². The molecule has 2 rings (SSSR count). The van der Waals surface area contributed by atoms with Crippen LogP contribution in [0.4, 0.5) is 0 Å². The molecule has 1 aromatic heterocycles. The Hall–Kier alpha value is -2.21. The predicted molar refractivity (Wildman–Crippen MR) is 83.8 cm³/mol. The van der Waals surface area contributed by atoms with Gasteiger partial charge < -0.3 is 10.4 Å². The zero-order valence-corrected chi connectivity index (χ0v) is 12.8. The zero-order chi connectivity index (χ0) is 15.8. The van der Waals surface area contributed by atoms with Crippen molar-refractivity contribution in [3.63, 3.8) is 0 Å². The van der Waals surface area contributed by atoms with E-state index in [1.165, 1.54) is 0 Å². The molecule has 1 amide bonds. The number of aromatic nitrogens is 3. The van der Waals surface area contributed by atoms with Gasteiger partial charge in [-0.2, -0.15) is 0 Å². The summed E-state index contributed by atoms with van der Waals surface area (Å²) in [6.07, 6.45) is 4.33. The van der Waals surface area contributed by atoms with Gasteiger partial charge in [0.1, 0.15) is 0 Å². The number of aliphatic hydroxyl groups is 1. The van der Waals surface area contributed by atoms with Crippen LogP contribution in [0.5, 0.6) is 0 Å². The highest BCUT2D eigenvalue weighted by Crippen LogP contribution is 2.10. The summed E-state index contributed by atoms with van der Waals surface area (Å²) in [6, 6.07) is 9.52. The number of nitrogens with zero attached hydrogens (tertiary/aromatic N) is 3. The fourth-order valence-corrected chi connectivity index (χ4v) is 2.34. The molecule has 0 saturated heterocycles. The van der Waals surface area contributed by atoms with Gasteiger partial charge in [-0.1, -0.05) is 36.8 Å². The lowest BCUT2D eigenvalue weighted by molar-refractivity contribution is 0.0938. The number of benzene rings is 1. The van der Waals surface area contributed by atoms with E-state index in [-0.39, 0.29) is 12.5 Å². The number of para-hydroxylation sites is 1. The lowest BCUT2D eigenvalue weighted by Crippen LogP contribution is -2.30. The van der Waals surface area contributed by atoms with Crippen molar-refractivity contribution >= 4 is 5.91 Å². The minimum absolute atomic E-state index is 0.144. The average Bonchev–Trinajstić information content (AvgIpc) is 3.04. The van der Waals surface area contributed by atoms with Gasteiger partial charge in [-0.05, 0) is 30.9 Å². The van der Waals surface area contributed by atoms with Crippen LogP contribution in [-0.4, -0.2) is 39.2 Å². The first-order chi connectivity index (χ1) is 10.7. The summed E-state index contributed by atoms with van der Waals surface area (Å²) in [4.78, 5) is 12.1. The van der Waals surface area contributed by atoms with Crippen molar-refractivity contribution < 1.29 is 9.90 Å². The lowest BCUT2D eigenvalue weighted by Gasteiger charge is -2.14. The number of aliphatic hydroxyl groups excluding tert-OH is 1. The average molecular weight is 302 g/mol. The molecule has 0 aliphatic rings. The second-order valence-corrected chi connectivity index (χ2v) is 5.26. The second kappa shape index (κ2) is 8.29. The van der Waals surface area contributed by atoms with E-state index in [1.54, 1.807) is 10.9 Å². The van der Waals surface area contributed by atoms with E-state index >= 15 is 0 Å². The van der Waals surface area contributed by atoms with Gasteiger partial charge in [0.25, 0.3) is 5.91 Å². The zero-order valence-electron chi connectivity index (χ0n) is 12.8. The molecule has 1 atom stereocenters. The maximum atomic E-state index is 12.1. The quantitative estimate of drug-likeness (QED) is 0.779. The summed E-state index contributed by atoms with van der Waals surface area (Å²) in [5.41, 5.74) is 1.15. The molecule has 0 spiro atoms. The minimum Gasteiger partial charge on any atom is -0.396 e. The first kappa shape index (κ1) is 16.2. The van der Waals surface area contributed by atoms with Crippen LogP contribution in [0.3, 0.4) is 0 Å². The van der Waals surface area contributed by atoms with E-state index in [0.717, 1.165) is 18.5 Å². The highest BCUT2D eigenvalue weighted by atomic mass is 16.3. The Bertz CT molecular complexity index is 577. The summed E-state index contributed by atoms with van der Waals surface area (Å²) in [5, 5.41) is 19.8. The first-order valence-corrected chi connectivity index (χ1v) is 7.61. The monoisotopic (exact) mass is 302 g/mol. The molecule has 0 aliphatic carbocycles. The second-order valence-electron chi connectivity index (χ2n) is 5.26. The van der Waals surface area contributed by atoms with Crippen molar-refractivity contribution in [1.82, 2.24) is 20.3 Å². The summed E-state index contributed by atoms with van der Waals surface area (Å²) in [7, 11) is 0. The van der Waals surface area contributed by atoms with E-state index in [1.807, 2.05) is 30.3 Å². The van der Waals surface area contributed by atoms with Crippen LogP contribution in [0.25, 0.3) is 5.69 Å². The van der Waals surface area contributed by atoms with Gasteiger partial charge in [0.15, 0.2) is 5.69 Å². The number of carbonyl (C=O) groups excluding carboxylic acids is 1. The van der Waals surface area contributed by atoms with Gasteiger partial charge in [0.05, 0.1) is 11.9 Å². The molecule has 0 aliphatic heterocycles. The number of rotatable bonds is 8. The van der Waals surface area contributed by atoms with Crippen molar-refractivity contribution in [2.75, 3.05) is 13.2 Å². The Labute approximate surface area is 130 Å². The van der Waals surface area contributed by atoms with Gasteiger partial charge in [0.2, 0.25) is 0 Å². The Morgan fingerprint density at radius 3 is 2.77 bits per heavy atom. The van der Waals surface area contributed by atoms with Gasteiger partial charge in [0, 0.05) is 13.2 Å². The molecule has 0 bridgehead atoms. The Morgan fingerprint density at radius 1 is 1.32 bits per heavy atom. The van der Waals surface area contributed by atoms with Crippen molar-refractivity contribution in [3.8, 4) is 5.69 Å². The maximum absolute atomic E-state index is 12.1. The largest absolute Gasteiger partial charge is 0.396 e. The van der Waals surface area contributed by atoms with Crippen molar-refractivity contribution in [2.24, 2.45) is 5.92 Å². The Kier molecular flexibility index (Phi) is 6.09. The normalized spacial score (nSPS) is 12.1. The smallest absolute Gasteiger partial charge is 0.273 e. The SMILES string of the molecule is CCCC(CCO)CNC(=O)c1cn(-c2ccccc2)nn1. The molecule has 0 fully saturated rings. The van der Waals surface area contributed by atoms with E-state index in [2.05, 4.69) is 22.6 Å². The molecule has 6 heteroatoms. The number of nitrogens with one attached hydrogen (secondary N) is 1. The Morgan fingerprint density at radius 2 is 2.09 bits per heavy atom. The minimum atomic E-state index is -0.235. The first-order valence-electron chi connectivity index (χ1n) is 7.61. The lowest BCUT2D eigenvalue weighted by atomic mass is 10.0. The van der Waals surface area contributed by atoms with Gasteiger partial charge in [-0.25, -0.2) is 4.68 Å². The van der Waals surface area contributed by atoms with Crippen molar-refractivity contribution in [1.29, 1.82) is 0 Å². The van der Waals surface area contributed by atoms with Crippen LogP contribution < -0.4 is 5.32 Å². The van der Waals surface area contributed by atoms with Crippen LogP contribution in [0.1, 0.15) is 36.7 Å². The third-order valence-electron chi connectivity index (χ3n) is 3.53. The molecule has 0 saturated carbocycles. The molecular weight excluding hydrogens is 280 g/mol. The maximum Gasteiger partial charge on any atom is 0.273 e. The summed E-state index contributed by atoms with van der Waals surface area (Å²) in [6.45, 7) is 2.79. The molecule has 1 unspecified atom stereocenters. The van der Waals surface area contributed by atoms with Crippen LogP contribution in [0.2, 0.25) is 0 Å². The van der Waals surface area contributed by atoms with Gasteiger partial charge >= 0.3 is 0 Å². The fourth-order valence-electron chi connectivity index (χ4n) is 2.34. The van der Waals surface area contributed by atoms with E-state index < -0.39 is 0 Å². The third-order valence-corrected chi connectivity index (χ3v) is 3.53. The third kappa shape index (κ3) is 4.39. The highest BCUT2D eigenvalue weighted by molar-refractivity contribution is 5.91. The number of hydrogen-bond donors (Lipinski definition) is 2. The Balaban J connectivity index is 1.94. The standard InChI is InChI=1S/C16H22N4O2/c1-2-6-13(9-10-21)11-17-16(22)15-12-20(19-18-15)14-7-4-3-5-8-14/h3-5,7-8,12-13,21H,2,6,9-11H2,1H3,(H,17,22). The molecule has 2 N–H and O–H groups in total. The summed E-state index contributed by atoms with van der Waals surface area (Å²) in [5.74, 6) is 0.0596. The van der Waals surface area contributed by atoms with Crippen LogP contribution >= 0.6 is 0 Å². The summed E-state index contributed by atoms with van der Waals surface area (Å²) >= 11 is 0. The highest BCUT2D eigenvalue weighted by Gasteiger charge is 2.14. The predicted octanol–water partition coefficient (Wildman–Crippen LogP) is 1.80. The van der Waals surface area contributed by atoms with Crippen molar-refractivity contribution in [2.45, 2.75) is 26.2 Å². The van der Waals surface area contributed by atoms with Crippen molar-refractivity contribution in [3.05, 3.63) is 42.2 Å². The molecule has 0 radical (unpaired) electrons. The van der Waals surface area contributed by atoms with Crippen LogP contribution in [0, 0.1) is 5.92 Å². The molecule has 22 heavy (non-hydrogen) atoms. The number of amides is 1. The topological polar surface area (TPSA) is 80.0 Å². The molecule has 2 aromatic rings. The van der Waals surface area contributed by atoms with Gasteiger partial charge in [-0.15, -0.1) is 5.10 Å². The van der Waals surface area contributed by atoms with Crippen LogP contribution in [0.15, 0.2) is 36.5 Å². The molecule has 6 nitrogen and oxygen atoms in total.